The summed E-state index contributed by atoms with van der Waals surface area (Å²) in [6, 6.07) is 9.58. The van der Waals surface area contributed by atoms with Gasteiger partial charge >= 0.3 is 5.97 Å². The standard InChI is InChI=1S/C12H14N4O2/c1-9(18-10(2)17)8-16-14-12(13-15-16)11-6-4-3-5-7-11/h3-7,9H,8H2,1-2H3. The van der Waals surface area contributed by atoms with Crippen molar-refractivity contribution < 1.29 is 9.53 Å². The molecule has 6 heteroatoms. The zero-order valence-corrected chi connectivity index (χ0v) is 10.3. The van der Waals surface area contributed by atoms with Gasteiger partial charge in [0.25, 0.3) is 0 Å². The van der Waals surface area contributed by atoms with Gasteiger partial charge < -0.3 is 4.74 Å². The van der Waals surface area contributed by atoms with Crippen LogP contribution in [0, 0.1) is 0 Å². The maximum atomic E-state index is 10.8. The lowest BCUT2D eigenvalue weighted by Gasteiger charge is -2.09. The molecule has 0 saturated heterocycles. The van der Waals surface area contributed by atoms with Gasteiger partial charge in [-0.3, -0.25) is 4.79 Å². The number of tetrazole rings is 1. The zero-order chi connectivity index (χ0) is 13.0. The Labute approximate surface area is 105 Å². The van der Waals surface area contributed by atoms with Crippen LogP contribution in [0.15, 0.2) is 30.3 Å². The highest BCUT2D eigenvalue weighted by Crippen LogP contribution is 2.11. The van der Waals surface area contributed by atoms with Crippen molar-refractivity contribution in [3.05, 3.63) is 30.3 Å². The second-order valence-corrected chi connectivity index (χ2v) is 3.95. The van der Waals surface area contributed by atoms with Crippen molar-refractivity contribution in [1.29, 1.82) is 0 Å². The van der Waals surface area contributed by atoms with Gasteiger partial charge in [-0.1, -0.05) is 30.3 Å². The summed E-state index contributed by atoms with van der Waals surface area (Å²) in [5.74, 6) is 0.247. The lowest BCUT2D eigenvalue weighted by molar-refractivity contribution is -0.146. The van der Waals surface area contributed by atoms with E-state index in [0.29, 0.717) is 12.4 Å². The highest BCUT2D eigenvalue weighted by Gasteiger charge is 2.10. The van der Waals surface area contributed by atoms with Gasteiger partial charge in [-0.05, 0) is 12.1 Å². The van der Waals surface area contributed by atoms with Crippen LogP contribution in [0.5, 0.6) is 0 Å². The molecule has 2 aromatic rings. The first-order valence-electron chi connectivity index (χ1n) is 5.65. The molecule has 1 heterocycles. The average molecular weight is 246 g/mol. The van der Waals surface area contributed by atoms with Gasteiger partial charge in [0.1, 0.15) is 6.10 Å². The van der Waals surface area contributed by atoms with Crippen molar-refractivity contribution >= 4 is 5.97 Å². The molecule has 0 radical (unpaired) electrons. The Morgan fingerprint density at radius 2 is 2.11 bits per heavy atom. The fraction of sp³-hybridized carbons (Fsp3) is 0.333. The predicted molar refractivity (Wildman–Crippen MR) is 64.5 cm³/mol. The number of esters is 1. The van der Waals surface area contributed by atoms with Gasteiger partial charge in [0.05, 0.1) is 6.54 Å². The topological polar surface area (TPSA) is 69.9 Å². The maximum absolute atomic E-state index is 10.8. The Kier molecular flexibility index (Phi) is 3.66. The fourth-order valence-electron chi connectivity index (χ4n) is 1.57. The summed E-state index contributed by atoms with van der Waals surface area (Å²) in [5, 5.41) is 12.1. The number of nitrogens with zero attached hydrogens (tertiary/aromatic N) is 4. The summed E-state index contributed by atoms with van der Waals surface area (Å²) >= 11 is 0. The van der Waals surface area contributed by atoms with E-state index >= 15 is 0 Å². The molecule has 0 aliphatic carbocycles. The molecule has 0 N–H and O–H groups in total. The van der Waals surface area contributed by atoms with Crippen LogP contribution in [-0.4, -0.2) is 32.3 Å². The molecule has 2 rings (SSSR count). The third-order valence-electron chi connectivity index (χ3n) is 2.27. The van der Waals surface area contributed by atoms with Gasteiger partial charge in [-0.25, -0.2) is 0 Å². The summed E-state index contributed by atoms with van der Waals surface area (Å²) in [6.07, 6.45) is -0.277. The van der Waals surface area contributed by atoms with Crippen molar-refractivity contribution in [2.75, 3.05) is 0 Å². The smallest absolute Gasteiger partial charge is 0.302 e. The lowest BCUT2D eigenvalue weighted by atomic mass is 10.2. The Balaban J connectivity index is 2.05. The van der Waals surface area contributed by atoms with E-state index in [2.05, 4.69) is 15.4 Å². The molecule has 0 saturated carbocycles. The minimum absolute atomic E-state index is 0.277. The quantitative estimate of drug-likeness (QED) is 0.760. The highest BCUT2D eigenvalue weighted by atomic mass is 16.5. The predicted octanol–water partition coefficient (Wildman–Crippen LogP) is 1.29. The number of carbonyl (C=O) groups excluding carboxylic acids is 1. The van der Waals surface area contributed by atoms with Crippen molar-refractivity contribution in [3.8, 4) is 11.4 Å². The van der Waals surface area contributed by atoms with Crippen molar-refractivity contribution in [3.63, 3.8) is 0 Å². The van der Waals surface area contributed by atoms with Crippen LogP contribution < -0.4 is 0 Å². The largest absolute Gasteiger partial charge is 0.461 e. The molecule has 1 atom stereocenters. The number of carbonyl (C=O) groups is 1. The van der Waals surface area contributed by atoms with E-state index < -0.39 is 0 Å². The second kappa shape index (κ2) is 5.39. The SMILES string of the molecule is CC(=O)OC(C)Cn1nnc(-c2ccccc2)n1. The monoisotopic (exact) mass is 246 g/mol. The van der Waals surface area contributed by atoms with Gasteiger partial charge in [0.2, 0.25) is 5.82 Å². The van der Waals surface area contributed by atoms with Crippen LogP contribution in [0.25, 0.3) is 11.4 Å². The number of hydrogen-bond acceptors (Lipinski definition) is 5. The third-order valence-corrected chi connectivity index (χ3v) is 2.27. The molecule has 1 unspecified atom stereocenters. The van der Waals surface area contributed by atoms with E-state index in [-0.39, 0.29) is 12.1 Å². The van der Waals surface area contributed by atoms with Gasteiger partial charge in [0, 0.05) is 12.5 Å². The number of aromatic nitrogens is 4. The van der Waals surface area contributed by atoms with Crippen LogP contribution >= 0.6 is 0 Å². The molecule has 0 fully saturated rings. The minimum atomic E-state index is -0.314. The van der Waals surface area contributed by atoms with Crippen LogP contribution in [0.4, 0.5) is 0 Å². The van der Waals surface area contributed by atoms with E-state index in [1.165, 1.54) is 11.7 Å². The van der Waals surface area contributed by atoms with Gasteiger partial charge in [0.15, 0.2) is 0 Å². The van der Waals surface area contributed by atoms with Crippen LogP contribution in [0.3, 0.4) is 0 Å². The number of rotatable bonds is 4. The first-order chi connectivity index (χ1) is 8.65. The molecule has 1 aromatic heterocycles. The molecule has 0 amide bonds. The molecule has 0 spiro atoms. The van der Waals surface area contributed by atoms with Crippen molar-refractivity contribution in [2.24, 2.45) is 0 Å². The van der Waals surface area contributed by atoms with E-state index in [9.17, 15) is 4.79 Å². The number of benzene rings is 1. The lowest BCUT2D eigenvalue weighted by Crippen LogP contribution is -2.20. The first kappa shape index (κ1) is 12.2. The molecule has 94 valence electrons. The van der Waals surface area contributed by atoms with Crippen LogP contribution in [0.1, 0.15) is 13.8 Å². The average Bonchev–Trinajstić information content (AvgIpc) is 2.77. The maximum Gasteiger partial charge on any atom is 0.302 e. The minimum Gasteiger partial charge on any atom is -0.461 e. The Morgan fingerprint density at radius 1 is 1.39 bits per heavy atom. The second-order valence-electron chi connectivity index (χ2n) is 3.95. The molecular formula is C12H14N4O2. The summed E-state index contributed by atoms with van der Waals surface area (Å²) in [6.45, 7) is 3.55. The summed E-state index contributed by atoms with van der Waals surface area (Å²) in [5.41, 5.74) is 0.906. The van der Waals surface area contributed by atoms with Crippen molar-refractivity contribution in [2.45, 2.75) is 26.5 Å². The molecule has 18 heavy (non-hydrogen) atoms. The van der Waals surface area contributed by atoms with Crippen LogP contribution in [0.2, 0.25) is 0 Å². The third kappa shape index (κ3) is 3.13. The Morgan fingerprint density at radius 3 is 2.78 bits per heavy atom. The molecule has 0 bridgehead atoms. The summed E-state index contributed by atoms with van der Waals surface area (Å²) in [4.78, 5) is 12.2. The Bertz CT molecular complexity index is 524. The number of hydrogen-bond donors (Lipinski definition) is 0. The number of ether oxygens (including phenoxy) is 1. The normalized spacial score (nSPS) is 12.1. The van der Waals surface area contributed by atoms with E-state index in [4.69, 9.17) is 4.74 Å². The van der Waals surface area contributed by atoms with Crippen molar-refractivity contribution in [1.82, 2.24) is 20.2 Å². The van der Waals surface area contributed by atoms with Crippen LogP contribution in [-0.2, 0) is 16.1 Å². The first-order valence-corrected chi connectivity index (χ1v) is 5.65. The van der Waals surface area contributed by atoms with E-state index in [0.717, 1.165) is 5.56 Å². The molecular weight excluding hydrogens is 232 g/mol. The van der Waals surface area contributed by atoms with Gasteiger partial charge in [-0.2, -0.15) is 4.80 Å². The molecule has 0 aliphatic heterocycles. The van der Waals surface area contributed by atoms with Gasteiger partial charge in [-0.15, -0.1) is 10.2 Å². The molecule has 6 nitrogen and oxygen atoms in total. The Hall–Kier alpha value is -2.24. The zero-order valence-electron chi connectivity index (χ0n) is 10.3. The summed E-state index contributed by atoms with van der Waals surface area (Å²) < 4.78 is 5.00. The van der Waals surface area contributed by atoms with E-state index in [1.807, 2.05) is 30.3 Å². The van der Waals surface area contributed by atoms with E-state index in [1.54, 1.807) is 6.92 Å². The fourth-order valence-corrected chi connectivity index (χ4v) is 1.57. The molecule has 1 aromatic carbocycles. The highest BCUT2D eigenvalue weighted by molar-refractivity contribution is 5.66. The summed E-state index contributed by atoms with van der Waals surface area (Å²) in [7, 11) is 0. The molecule has 0 aliphatic rings.